The Morgan fingerprint density at radius 3 is 0.907 bits per heavy atom. The first-order valence-corrected chi connectivity index (χ1v) is 19.6. The summed E-state index contributed by atoms with van der Waals surface area (Å²) in [6, 6.07) is 0. The minimum absolute atomic E-state index is 0.234. The van der Waals surface area contributed by atoms with Crippen molar-refractivity contribution in [2.24, 2.45) is 5.41 Å². The van der Waals surface area contributed by atoms with Crippen molar-refractivity contribution < 1.29 is 20.1 Å². The van der Waals surface area contributed by atoms with Crippen LogP contribution in [0.25, 0.3) is 0 Å². The Labute approximate surface area is 270 Å². The van der Waals surface area contributed by atoms with Crippen molar-refractivity contribution in [3.05, 3.63) is 0 Å². The summed E-state index contributed by atoms with van der Waals surface area (Å²) in [5.41, 5.74) is -0.939. The lowest BCUT2D eigenvalue weighted by Crippen LogP contribution is -2.46. The molecule has 0 aromatic carbocycles. The normalized spacial score (nSPS) is 12.8. The van der Waals surface area contributed by atoms with Gasteiger partial charge in [-0.2, -0.15) is 0 Å². The fourth-order valence-electron chi connectivity index (χ4n) is 6.42. The largest absolute Gasteiger partial charge is 0.396 e. The first-order chi connectivity index (χ1) is 21.2. The van der Waals surface area contributed by atoms with Gasteiger partial charge in [0.1, 0.15) is 0 Å². The molecule has 4 nitrogen and oxygen atoms in total. The number of hydrogen-bond acceptors (Lipinski definition) is 4. The number of aliphatic hydroxyl groups excluding tert-OH is 3. The Kier molecular flexibility index (Phi) is 34.6. The van der Waals surface area contributed by atoms with Crippen LogP contribution in [0.4, 0.5) is 0 Å². The number of rotatable bonds is 37. The molecule has 3 N–H and O–H groups in total. The average molecular weight is 613 g/mol. The molecule has 0 rings (SSSR count). The van der Waals surface area contributed by atoms with Gasteiger partial charge in [0.2, 0.25) is 0 Å². The molecular weight excluding hydrogens is 532 g/mol. The van der Waals surface area contributed by atoms with Crippen molar-refractivity contribution in [1.82, 2.24) is 0 Å². The van der Waals surface area contributed by atoms with Crippen molar-refractivity contribution in [2.45, 2.75) is 219 Å². The summed E-state index contributed by atoms with van der Waals surface area (Å²) in [5.74, 6) is 0. The maximum absolute atomic E-state index is 10.0. The maximum Gasteiger partial charge on any atom is 0.0697 e. The molecule has 0 bridgehead atoms. The molecule has 0 aliphatic carbocycles. The van der Waals surface area contributed by atoms with Crippen molar-refractivity contribution in [1.29, 1.82) is 0 Å². The second kappa shape index (κ2) is 34.7. The SMILES string of the molecule is CCCCCCCCCCCCCCCCCOC(CCCCCCCCCCCCCCCCC)C(CO)(CO)CO. The zero-order valence-corrected chi connectivity index (χ0v) is 29.6. The van der Waals surface area contributed by atoms with Crippen molar-refractivity contribution in [3.8, 4) is 0 Å². The van der Waals surface area contributed by atoms with Crippen LogP contribution in [0.5, 0.6) is 0 Å². The highest BCUT2D eigenvalue weighted by atomic mass is 16.5. The molecule has 260 valence electrons. The Balaban J connectivity index is 3.84. The summed E-state index contributed by atoms with van der Waals surface area (Å²) in [6.07, 6.45) is 40.7. The molecule has 0 saturated carbocycles. The fraction of sp³-hybridized carbons (Fsp3) is 1.00. The van der Waals surface area contributed by atoms with E-state index >= 15 is 0 Å². The minimum atomic E-state index is -0.939. The molecule has 0 aliphatic heterocycles. The van der Waals surface area contributed by atoms with Crippen molar-refractivity contribution >= 4 is 0 Å². The lowest BCUT2D eigenvalue weighted by molar-refractivity contribution is -0.117. The van der Waals surface area contributed by atoms with E-state index in [1.54, 1.807) is 0 Å². The van der Waals surface area contributed by atoms with Crippen LogP contribution < -0.4 is 0 Å². The van der Waals surface area contributed by atoms with Gasteiger partial charge >= 0.3 is 0 Å². The third-order valence-electron chi connectivity index (χ3n) is 9.76. The van der Waals surface area contributed by atoms with Crippen LogP contribution in [0.2, 0.25) is 0 Å². The average Bonchev–Trinajstić information content (AvgIpc) is 3.03. The second-order valence-corrected chi connectivity index (χ2v) is 13.9. The van der Waals surface area contributed by atoms with Crippen LogP contribution in [-0.2, 0) is 4.74 Å². The van der Waals surface area contributed by atoms with E-state index in [4.69, 9.17) is 4.74 Å². The lowest BCUT2D eigenvalue weighted by atomic mass is 9.81. The molecule has 0 spiro atoms. The summed E-state index contributed by atoms with van der Waals surface area (Å²) in [4.78, 5) is 0. The predicted octanol–water partition coefficient (Wildman–Crippen LogP) is 11.5. The summed E-state index contributed by atoms with van der Waals surface area (Å²) in [7, 11) is 0. The topological polar surface area (TPSA) is 69.9 Å². The third-order valence-corrected chi connectivity index (χ3v) is 9.76. The van der Waals surface area contributed by atoms with E-state index in [0.717, 1.165) is 25.7 Å². The smallest absolute Gasteiger partial charge is 0.0697 e. The molecule has 43 heavy (non-hydrogen) atoms. The monoisotopic (exact) mass is 613 g/mol. The second-order valence-electron chi connectivity index (χ2n) is 13.9. The number of hydrogen-bond donors (Lipinski definition) is 3. The van der Waals surface area contributed by atoms with Gasteiger partial charge in [0.15, 0.2) is 0 Å². The first-order valence-electron chi connectivity index (χ1n) is 19.6. The van der Waals surface area contributed by atoms with E-state index < -0.39 is 5.41 Å². The highest BCUT2D eigenvalue weighted by Gasteiger charge is 2.38. The van der Waals surface area contributed by atoms with Gasteiger partial charge in [-0.15, -0.1) is 0 Å². The molecule has 0 fully saturated rings. The zero-order valence-electron chi connectivity index (χ0n) is 29.6. The zero-order chi connectivity index (χ0) is 31.5. The number of unbranched alkanes of at least 4 members (excludes halogenated alkanes) is 28. The maximum atomic E-state index is 10.0. The molecule has 4 heteroatoms. The van der Waals surface area contributed by atoms with E-state index in [1.165, 1.54) is 173 Å². The first kappa shape index (κ1) is 42.8. The molecule has 0 radical (unpaired) electrons. The van der Waals surface area contributed by atoms with Crippen LogP contribution in [0.1, 0.15) is 213 Å². The Morgan fingerprint density at radius 2 is 0.628 bits per heavy atom. The van der Waals surface area contributed by atoms with Gasteiger partial charge in [-0.3, -0.25) is 0 Å². The summed E-state index contributed by atoms with van der Waals surface area (Å²) in [5, 5.41) is 30.0. The predicted molar refractivity (Wildman–Crippen MR) is 188 cm³/mol. The van der Waals surface area contributed by atoms with Gasteiger partial charge < -0.3 is 20.1 Å². The molecule has 0 heterocycles. The molecular formula is C39H80O4. The molecule has 0 aliphatic rings. The van der Waals surface area contributed by atoms with Gasteiger partial charge in [-0.25, -0.2) is 0 Å². The van der Waals surface area contributed by atoms with Crippen LogP contribution in [-0.4, -0.2) is 47.9 Å². The molecule has 1 atom stereocenters. The number of aliphatic hydroxyl groups is 3. The molecule has 0 aromatic rings. The van der Waals surface area contributed by atoms with Gasteiger partial charge in [-0.1, -0.05) is 200 Å². The molecule has 0 aromatic heterocycles. The minimum Gasteiger partial charge on any atom is -0.396 e. The van der Waals surface area contributed by atoms with Crippen molar-refractivity contribution in [2.75, 3.05) is 26.4 Å². The van der Waals surface area contributed by atoms with Crippen LogP contribution in [0, 0.1) is 5.41 Å². The van der Waals surface area contributed by atoms with E-state index in [1.807, 2.05) is 0 Å². The van der Waals surface area contributed by atoms with Crippen LogP contribution >= 0.6 is 0 Å². The van der Waals surface area contributed by atoms with Gasteiger partial charge in [0, 0.05) is 6.61 Å². The highest BCUT2D eigenvalue weighted by Crippen LogP contribution is 2.28. The van der Waals surface area contributed by atoms with Crippen LogP contribution in [0.15, 0.2) is 0 Å². The highest BCUT2D eigenvalue weighted by molar-refractivity contribution is 4.86. The molecule has 1 unspecified atom stereocenters. The number of ether oxygens (including phenoxy) is 1. The molecule has 0 amide bonds. The Bertz CT molecular complexity index is 499. The van der Waals surface area contributed by atoms with Gasteiger partial charge in [0.25, 0.3) is 0 Å². The lowest BCUT2D eigenvalue weighted by Gasteiger charge is -2.36. The standard InChI is InChI=1S/C39H80O4/c1-3-5-7-9-11-13-15-17-19-21-23-25-27-29-31-33-38(39(35-40,36-41)37-42)43-34-32-30-28-26-24-22-20-18-16-14-12-10-8-6-4-2/h38,40-42H,3-37H2,1-2H3. The fourth-order valence-corrected chi connectivity index (χ4v) is 6.42. The van der Waals surface area contributed by atoms with Gasteiger partial charge in [-0.05, 0) is 12.8 Å². The Hall–Kier alpha value is -0.160. The van der Waals surface area contributed by atoms with E-state index in [-0.39, 0.29) is 25.9 Å². The van der Waals surface area contributed by atoms with Crippen molar-refractivity contribution in [3.63, 3.8) is 0 Å². The van der Waals surface area contributed by atoms with E-state index in [9.17, 15) is 15.3 Å². The molecule has 0 saturated heterocycles. The Morgan fingerprint density at radius 1 is 0.372 bits per heavy atom. The van der Waals surface area contributed by atoms with Crippen LogP contribution in [0.3, 0.4) is 0 Å². The third kappa shape index (κ3) is 26.7. The van der Waals surface area contributed by atoms with E-state index in [2.05, 4.69) is 13.8 Å². The summed E-state index contributed by atoms with van der Waals surface area (Å²) < 4.78 is 6.23. The quantitative estimate of drug-likeness (QED) is 0.0610. The van der Waals surface area contributed by atoms with Gasteiger partial charge in [0.05, 0.1) is 31.3 Å². The van der Waals surface area contributed by atoms with E-state index in [0.29, 0.717) is 6.61 Å². The summed E-state index contributed by atoms with van der Waals surface area (Å²) in [6.45, 7) is 4.52. The summed E-state index contributed by atoms with van der Waals surface area (Å²) >= 11 is 0.